The van der Waals surface area contributed by atoms with Crippen molar-refractivity contribution in [3.63, 3.8) is 0 Å². The molecule has 1 atom stereocenters. The fraction of sp³-hybridized carbons (Fsp3) is 0.345. The molecule has 5 rings (SSSR count). The van der Waals surface area contributed by atoms with Crippen LogP contribution in [-0.2, 0) is 18.0 Å². The Kier molecular flexibility index (Phi) is 6.68. The van der Waals surface area contributed by atoms with Gasteiger partial charge in [0.2, 0.25) is 6.43 Å². The predicted molar refractivity (Wildman–Crippen MR) is 136 cm³/mol. The van der Waals surface area contributed by atoms with Gasteiger partial charge >= 0.3 is 6.18 Å². The van der Waals surface area contributed by atoms with Gasteiger partial charge in [0.25, 0.3) is 0 Å². The van der Waals surface area contributed by atoms with Gasteiger partial charge in [-0.3, -0.25) is 0 Å². The highest BCUT2D eigenvalue weighted by atomic mass is 19.4. The second kappa shape index (κ2) is 9.73. The van der Waals surface area contributed by atoms with Gasteiger partial charge in [0, 0.05) is 21.9 Å². The van der Waals surface area contributed by atoms with Gasteiger partial charge in [0.1, 0.15) is 22.7 Å². The van der Waals surface area contributed by atoms with Crippen molar-refractivity contribution in [1.82, 2.24) is 15.2 Å². The molecule has 10 heteroatoms. The van der Waals surface area contributed by atoms with E-state index in [1.807, 2.05) is 19.9 Å². The van der Waals surface area contributed by atoms with Crippen LogP contribution in [0.15, 0.2) is 48.5 Å². The molecule has 0 saturated carbocycles. The highest BCUT2D eigenvalue weighted by molar-refractivity contribution is 5.85. The molecule has 1 unspecified atom stereocenters. The van der Waals surface area contributed by atoms with Crippen LogP contribution >= 0.6 is 0 Å². The van der Waals surface area contributed by atoms with Crippen LogP contribution in [0.5, 0.6) is 11.5 Å². The van der Waals surface area contributed by atoms with Crippen LogP contribution in [0.3, 0.4) is 0 Å². The molecule has 0 radical (unpaired) electrons. The molecule has 0 saturated heterocycles. The number of benzene rings is 2. The lowest BCUT2D eigenvalue weighted by atomic mass is 9.84. The Morgan fingerprint density at radius 3 is 2.38 bits per heavy atom. The number of pyridine rings is 1. The number of ether oxygens (including phenoxy) is 2. The molecule has 0 aliphatic carbocycles. The number of aromatic nitrogens is 3. The summed E-state index contributed by atoms with van der Waals surface area (Å²) in [7, 11) is 1.48. The maximum atomic E-state index is 14.6. The van der Waals surface area contributed by atoms with E-state index in [9.17, 15) is 22.0 Å². The van der Waals surface area contributed by atoms with Crippen molar-refractivity contribution in [2.75, 3.05) is 13.7 Å². The van der Waals surface area contributed by atoms with E-state index in [1.165, 1.54) is 19.2 Å². The second-order valence-corrected chi connectivity index (χ2v) is 10.4. The van der Waals surface area contributed by atoms with E-state index in [4.69, 9.17) is 9.47 Å². The molecule has 2 aromatic heterocycles. The number of halogens is 5. The Bertz CT molecular complexity index is 1540. The van der Waals surface area contributed by atoms with Crippen molar-refractivity contribution in [2.45, 2.75) is 51.1 Å². The number of nitrogens with zero attached hydrogens (tertiary/aromatic N) is 3. The lowest BCUT2D eigenvalue weighted by Crippen LogP contribution is -2.20. The Balaban J connectivity index is 1.61. The molecule has 4 aromatic rings. The third kappa shape index (κ3) is 5.12. The molecule has 0 spiro atoms. The topological polar surface area (TPSA) is 57.1 Å². The van der Waals surface area contributed by atoms with E-state index in [0.717, 1.165) is 12.1 Å². The molecular weight excluding hydrogens is 517 g/mol. The Morgan fingerprint density at radius 1 is 1.03 bits per heavy atom. The molecule has 1 aliphatic heterocycles. The second-order valence-electron chi connectivity index (χ2n) is 10.4. The van der Waals surface area contributed by atoms with E-state index < -0.39 is 29.5 Å². The first-order valence-corrected chi connectivity index (χ1v) is 12.3. The third-order valence-electron chi connectivity index (χ3n) is 6.98. The zero-order valence-corrected chi connectivity index (χ0v) is 21.7. The average Bonchev–Trinajstić information content (AvgIpc) is 3.19. The zero-order valence-electron chi connectivity index (χ0n) is 21.7. The van der Waals surface area contributed by atoms with Crippen LogP contribution in [0.4, 0.5) is 22.0 Å². The summed E-state index contributed by atoms with van der Waals surface area (Å²) < 4.78 is 80.1. The maximum Gasteiger partial charge on any atom is 0.416 e. The number of hydrogen-bond acceptors (Lipinski definition) is 5. The van der Waals surface area contributed by atoms with Crippen molar-refractivity contribution in [1.29, 1.82) is 0 Å². The smallest absolute Gasteiger partial charge is 0.416 e. The van der Waals surface area contributed by atoms with E-state index in [-0.39, 0.29) is 17.8 Å². The number of alkyl halides is 5. The first-order valence-electron chi connectivity index (χ1n) is 12.3. The summed E-state index contributed by atoms with van der Waals surface area (Å²) in [6.45, 7) is 5.93. The molecule has 204 valence electrons. The van der Waals surface area contributed by atoms with Gasteiger partial charge in [-0.05, 0) is 55.3 Å². The maximum absolute atomic E-state index is 14.6. The van der Waals surface area contributed by atoms with E-state index in [0.29, 0.717) is 51.4 Å². The number of aryl methyl sites for hydroxylation is 1. The van der Waals surface area contributed by atoms with Crippen molar-refractivity contribution in [3.8, 4) is 22.8 Å². The Hall–Kier alpha value is -3.82. The fourth-order valence-electron chi connectivity index (χ4n) is 4.87. The first kappa shape index (κ1) is 26.8. The van der Waals surface area contributed by atoms with Gasteiger partial charge in [0.05, 0.1) is 36.6 Å². The highest BCUT2D eigenvalue weighted by Gasteiger charge is 2.37. The van der Waals surface area contributed by atoms with Crippen LogP contribution in [0.2, 0.25) is 0 Å². The fourth-order valence-corrected chi connectivity index (χ4v) is 4.87. The van der Waals surface area contributed by atoms with Gasteiger partial charge in [-0.15, -0.1) is 5.10 Å². The van der Waals surface area contributed by atoms with E-state index in [2.05, 4.69) is 15.2 Å². The molecule has 2 aromatic carbocycles. The minimum atomic E-state index is -4.50. The predicted octanol–water partition coefficient (Wildman–Crippen LogP) is 7.29. The number of methoxy groups -OCH3 is 1. The molecule has 0 bridgehead atoms. The molecule has 39 heavy (non-hydrogen) atoms. The Labute approximate surface area is 222 Å². The SMILES string of the molecule is COc1cc(CC(c2cc3c(c(-c4ccc(C(F)(F)F)cc4)n2)OCC3(C)C)C(F)F)cc2cc(C)nnc12. The number of fused-ring (bicyclic) bond motifs is 2. The summed E-state index contributed by atoms with van der Waals surface area (Å²) in [5, 5.41) is 8.93. The van der Waals surface area contributed by atoms with Crippen LogP contribution < -0.4 is 9.47 Å². The third-order valence-corrected chi connectivity index (χ3v) is 6.98. The zero-order chi connectivity index (χ0) is 28.1. The monoisotopic (exact) mass is 543 g/mol. The van der Waals surface area contributed by atoms with Gasteiger partial charge < -0.3 is 9.47 Å². The van der Waals surface area contributed by atoms with Crippen LogP contribution in [-0.4, -0.2) is 35.3 Å². The standard InChI is InChI=1S/C29H26F5N3O2/c1-15-9-18-10-16(12-23(38-4)24(18)37-36-15)11-20(27(30)31)22-13-21-26(39-14-28(21,2)3)25(35-22)17-5-7-19(8-6-17)29(32,33)34/h5-10,12-13,20,27H,11,14H2,1-4H3. The van der Waals surface area contributed by atoms with Gasteiger partial charge in [-0.25, -0.2) is 13.8 Å². The number of rotatable bonds is 6. The molecular formula is C29H26F5N3O2. The van der Waals surface area contributed by atoms with Crippen molar-refractivity contribution >= 4 is 10.9 Å². The average molecular weight is 544 g/mol. The van der Waals surface area contributed by atoms with Crippen molar-refractivity contribution < 1.29 is 31.4 Å². The van der Waals surface area contributed by atoms with E-state index >= 15 is 0 Å². The first-order chi connectivity index (χ1) is 18.4. The summed E-state index contributed by atoms with van der Waals surface area (Å²) in [5.74, 6) is -0.471. The van der Waals surface area contributed by atoms with Gasteiger partial charge in [-0.1, -0.05) is 26.0 Å². The molecule has 0 amide bonds. The molecule has 5 nitrogen and oxygen atoms in total. The minimum absolute atomic E-state index is 0.0507. The van der Waals surface area contributed by atoms with Gasteiger partial charge in [0.15, 0.2) is 0 Å². The normalized spacial score (nSPS) is 15.3. The molecule has 0 N–H and O–H groups in total. The van der Waals surface area contributed by atoms with Crippen LogP contribution in [0, 0.1) is 6.92 Å². The summed E-state index contributed by atoms with van der Waals surface area (Å²) in [6, 6.07) is 11.4. The lowest BCUT2D eigenvalue weighted by molar-refractivity contribution is -0.137. The molecule has 3 heterocycles. The van der Waals surface area contributed by atoms with Crippen molar-refractivity contribution in [3.05, 3.63) is 76.6 Å². The van der Waals surface area contributed by atoms with Crippen LogP contribution in [0.25, 0.3) is 22.2 Å². The summed E-state index contributed by atoms with van der Waals surface area (Å²) >= 11 is 0. The van der Waals surface area contributed by atoms with E-state index in [1.54, 1.807) is 25.1 Å². The Morgan fingerprint density at radius 2 is 1.74 bits per heavy atom. The quantitative estimate of drug-likeness (QED) is 0.239. The van der Waals surface area contributed by atoms with Crippen LogP contribution in [0.1, 0.15) is 47.8 Å². The highest BCUT2D eigenvalue weighted by Crippen LogP contribution is 2.46. The summed E-state index contributed by atoms with van der Waals surface area (Å²) in [6.07, 6.45) is -7.31. The minimum Gasteiger partial charge on any atom is -0.494 e. The molecule has 0 fully saturated rings. The van der Waals surface area contributed by atoms with Crippen molar-refractivity contribution in [2.24, 2.45) is 0 Å². The lowest BCUT2D eigenvalue weighted by Gasteiger charge is -2.21. The van der Waals surface area contributed by atoms with Gasteiger partial charge in [-0.2, -0.15) is 18.3 Å². The largest absolute Gasteiger partial charge is 0.494 e. The summed E-state index contributed by atoms with van der Waals surface area (Å²) in [5.41, 5.74) is 1.93. The number of hydrogen-bond donors (Lipinski definition) is 0. The summed E-state index contributed by atoms with van der Waals surface area (Å²) in [4.78, 5) is 4.57. The molecule has 1 aliphatic rings.